The molecule has 0 aliphatic heterocycles. The first-order chi connectivity index (χ1) is 20.9. The summed E-state index contributed by atoms with van der Waals surface area (Å²) < 4.78 is 0. The van der Waals surface area contributed by atoms with Crippen LogP contribution in [0, 0.1) is 31.6 Å². The third-order valence-electron chi connectivity index (χ3n) is 9.17. The molecule has 0 atom stereocenters. The van der Waals surface area contributed by atoms with Crippen LogP contribution < -0.4 is 0 Å². The third kappa shape index (κ3) is 13.8. The lowest BCUT2D eigenvalue weighted by molar-refractivity contribution is 0.308. The summed E-state index contributed by atoms with van der Waals surface area (Å²) in [7, 11) is 0. The maximum Gasteiger partial charge on any atom is -0.0152 e. The molecular weight excluding hydrogens is 528 g/mol. The van der Waals surface area contributed by atoms with Gasteiger partial charge in [0.15, 0.2) is 0 Å². The van der Waals surface area contributed by atoms with Gasteiger partial charge in [-0.3, -0.25) is 0 Å². The predicted molar refractivity (Wildman–Crippen MR) is 203 cm³/mol. The van der Waals surface area contributed by atoms with E-state index >= 15 is 0 Å². The summed E-state index contributed by atoms with van der Waals surface area (Å²) >= 11 is 0. The van der Waals surface area contributed by atoms with Crippen molar-refractivity contribution in [2.75, 3.05) is 0 Å². The molecule has 0 bridgehead atoms. The van der Waals surface area contributed by atoms with Crippen LogP contribution in [0.25, 0.3) is 16.7 Å². The van der Waals surface area contributed by atoms with Gasteiger partial charge in [-0.1, -0.05) is 171 Å². The smallest absolute Gasteiger partial charge is 0.0152 e. The van der Waals surface area contributed by atoms with Gasteiger partial charge in [-0.15, -0.1) is 0 Å². The van der Waals surface area contributed by atoms with E-state index in [0.717, 1.165) is 23.3 Å². The minimum absolute atomic E-state index is 1.02. The van der Waals surface area contributed by atoms with E-state index < -0.39 is 0 Å². The van der Waals surface area contributed by atoms with Crippen LogP contribution in [0.5, 0.6) is 0 Å². The fraction of sp³-hybridized carbons (Fsp3) is 0.500. The summed E-state index contributed by atoms with van der Waals surface area (Å²) in [6.07, 6.45) is 18.1. The van der Waals surface area contributed by atoms with E-state index in [2.05, 4.69) is 123 Å². The van der Waals surface area contributed by atoms with Gasteiger partial charge in [0.2, 0.25) is 0 Å². The lowest BCUT2D eigenvalue weighted by Crippen LogP contribution is -2.08. The van der Waals surface area contributed by atoms with Gasteiger partial charge in [-0.25, -0.2) is 0 Å². The molecule has 0 saturated heterocycles. The Morgan fingerprint density at radius 2 is 1.18 bits per heavy atom. The molecule has 44 heavy (non-hydrogen) atoms. The van der Waals surface area contributed by atoms with Crippen LogP contribution >= 0.6 is 0 Å². The molecule has 0 aromatic heterocycles. The average Bonchev–Trinajstić information content (AvgIpc) is 3.50. The maximum absolute atomic E-state index is 4.05. The Bertz CT molecular complexity index is 1220. The molecule has 2 saturated carbocycles. The van der Waals surface area contributed by atoms with Crippen molar-refractivity contribution < 1.29 is 0 Å². The van der Waals surface area contributed by atoms with Gasteiger partial charge >= 0.3 is 0 Å². The summed E-state index contributed by atoms with van der Waals surface area (Å²) in [4.78, 5) is 0. The Morgan fingerprint density at radius 3 is 1.59 bits per heavy atom. The quantitative estimate of drug-likeness (QED) is 0.292. The van der Waals surface area contributed by atoms with Crippen molar-refractivity contribution in [1.29, 1.82) is 0 Å². The van der Waals surface area contributed by atoms with Crippen LogP contribution in [0.3, 0.4) is 0 Å². The van der Waals surface area contributed by atoms with Gasteiger partial charge < -0.3 is 0 Å². The van der Waals surface area contributed by atoms with Crippen molar-refractivity contribution in [1.82, 2.24) is 0 Å². The van der Waals surface area contributed by atoms with Crippen LogP contribution in [-0.2, 0) is 0 Å². The molecular formula is C44H66. The predicted octanol–water partition coefficient (Wildman–Crippen LogP) is 14.4. The Balaban J connectivity index is 0.000000488. The second-order valence-corrected chi connectivity index (χ2v) is 13.4. The standard InChI is InChI=1S/C28H32.C8H16.C6H12.C2H6/c1-9-10-28(25-13-11-20(4)12-14-25)24(8)21(5)17-22(6)27-16-15-26(19(2)3)18-23(27)7;1-7-3-5-8(2)6-4-7;1-6-4-2-3-5-6;1-2/h9-18H,1-2H2,3-8H3;7-8H,3-6H2,1-2H3;6H,2-5H2,1H3;1-2H3/b22-17+,24-21+,28-10+;;;. The first-order valence-corrected chi connectivity index (χ1v) is 17.5. The Kier molecular flexibility index (Phi) is 18.7. The number of allylic oxidation sites excluding steroid dienone is 8. The van der Waals surface area contributed by atoms with Gasteiger partial charge in [0.25, 0.3) is 0 Å². The number of hydrogen-bond acceptors (Lipinski definition) is 0. The van der Waals surface area contributed by atoms with Crippen molar-refractivity contribution in [3.8, 4) is 0 Å². The molecule has 0 heterocycles. The summed E-state index contributed by atoms with van der Waals surface area (Å²) in [6.45, 7) is 31.9. The molecule has 2 fully saturated rings. The lowest BCUT2D eigenvalue weighted by Gasteiger charge is -2.22. The van der Waals surface area contributed by atoms with Gasteiger partial charge in [-0.05, 0) is 104 Å². The minimum atomic E-state index is 1.02. The van der Waals surface area contributed by atoms with Crippen LogP contribution in [0.15, 0.2) is 85.0 Å². The van der Waals surface area contributed by atoms with E-state index in [1.165, 1.54) is 101 Å². The molecule has 0 spiro atoms. The van der Waals surface area contributed by atoms with Crippen molar-refractivity contribution in [3.63, 3.8) is 0 Å². The molecule has 242 valence electrons. The number of aryl methyl sites for hydroxylation is 2. The molecule has 0 N–H and O–H groups in total. The van der Waals surface area contributed by atoms with Crippen molar-refractivity contribution in [2.24, 2.45) is 17.8 Å². The largest absolute Gasteiger partial charge is 0.0990 e. The number of benzene rings is 2. The normalized spacial score (nSPS) is 19.2. The average molecular weight is 595 g/mol. The lowest BCUT2D eigenvalue weighted by atomic mass is 9.84. The molecule has 2 aliphatic rings. The Labute approximate surface area is 274 Å². The van der Waals surface area contributed by atoms with E-state index in [9.17, 15) is 0 Å². The van der Waals surface area contributed by atoms with E-state index in [1.54, 1.807) is 0 Å². The molecule has 0 heteroatoms. The highest BCUT2D eigenvalue weighted by atomic mass is 14.2. The second-order valence-electron chi connectivity index (χ2n) is 13.4. The molecule has 0 nitrogen and oxygen atoms in total. The topological polar surface area (TPSA) is 0 Å². The molecule has 0 radical (unpaired) electrons. The summed E-state index contributed by atoms with van der Waals surface area (Å²) in [6, 6.07) is 15.2. The molecule has 0 unspecified atom stereocenters. The SMILES string of the molecule is C=C\C=C(/C(C)=C(C)/C=C(\C)c1ccc(C(=C)C)cc1C)c1ccc(C)cc1.CC.CC1CCC(C)CC1.CC1CCCC1. The van der Waals surface area contributed by atoms with Crippen molar-refractivity contribution >= 4 is 16.7 Å². The van der Waals surface area contributed by atoms with E-state index in [1.807, 2.05) is 26.8 Å². The second kappa shape index (κ2) is 21.0. The zero-order valence-corrected chi connectivity index (χ0v) is 30.6. The molecule has 2 aromatic rings. The monoisotopic (exact) mass is 595 g/mol. The summed E-state index contributed by atoms with van der Waals surface area (Å²) in [5.41, 5.74) is 12.3. The highest BCUT2D eigenvalue weighted by molar-refractivity contribution is 5.82. The van der Waals surface area contributed by atoms with Crippen LogP contribution in [0.1, 0.15) is 141 Å². The van der Waals surface area contributed by atoms with Gasteiger partial charge in [-0.2, -0.15) is 0 Å². The highest BCUT2D eigenvalue weighted by Gasteiger charge is 2.13. The molecule has 0 amide bonds. The van der Waals surface area contributed by atoms with Crippen LogP contribution in [-0.4, -0.2) is 0 Å². The van der Waals surface area contributed by atoms with Crippen molar-refractivity contribution in [3.05, 3.63) is 113 Å². The van der Waals surface area contributed by atoms with Crippen LogP contribution in [0.4, 0.5) is 0 Å². The molecule has 2 aliphatic carbocycles. The van der Waals surface area contributed by atoms with E-state index in [0.29, 0.717) is 0 Å². The minimum Gasteiger partial charge on any atom is -0.0990 e. The summed E-state index contributed by atoms with van der Waals surface area (Å²) in [5, 5.41) is 0. The molecule has 2 aromatic carbocycles. The van der Waals surface area contributed by atoms with Crippen molar-refractivity contribution in [2.45, 2.75) is 128 Å². The third-order valence-corrected chi connectivity index (χ3v) is 9.17. The van der Waals surface area contributed by atoms with Gasteiger partial charge in [0.05, 0.1) is 0 Å². The number of hydrogen-bond donors (Lipinski definition) is 0. The van der Waals surface area contributed by atoms with Gasteiger partial charge in [0.1, 0.15) is 0 Å². The van der Waals surface area contributed by atoms with E-state index in [4.69, 9.17) is 0 Å². The molecule has 4 rings (SSSR count). The number of rotatable bonds is 6. The highest BCUT2D eigenvalue weighted by Crippen LogP contribution is 2.30. The first-order valence-electron chi connectivity index (χ1n) is 17.5. The Hall–Kier alpha value is -2.86. The maximum atomic E-state index is 4.05. The fourth-order valence-corrected chi connectivity index (χ4v) is 5.94. The zero-order chi connectivity index (χ0) is 33.2. The zero-order valence-electron chi connectivity index (χ0n) is 30.6. The van der Waals surface area contributed by atoms with E-state index in [-0.39, 0.29) is 0 Å². The van der Waals surface area contributed by atoms with Gasteiger partial charge in [0, 0.05) is 0 Å². The fourth-order valence-electron chi connectivity index (χ4n) is 5.94. The van der Waals surface area contributed by atoms with Crippen LogP contribution in [0.2, 0.25) is 0 Å². The summed E-state index contributed by atoms with van der Waals surface area (Å²) in [5.74, 6) is 3.09. The first kappa shape index (κ1) is 39.2. The Morgan fingerprint density at radius 1 is 0.705 bits per heavy atom.